The molecule has 0 bridgehead atoms. The van der Waals surface area contributed by atoms with Crippen LogP contribution in [0.25, 0.3) is 0 Å². The van der Waals surface area contributed by atoms with E-state index in [9.17, 15) is 14.4 Å². The molecule has 1 atom stereocenters. The van der Waals surface area contributed by atoms with Crippen LogP contribution in [-0.4, -0.2) is 35.4 Å². The number of carbonyl (C=O) groups excluding carboxylic acids is 3. The van der Waals surface area contributed by atoms with Gasteiger partial charge < -0.3 is 20.7 Å². The van der Waals surface area contributed by atoms with Gasteiger partial charge in [0.25, 0.3) is 5.91 Å². The van der Waals surface area contributed by atoms with Gasteiger partial charge >= 0.3 is 12.0 Å². The molecule has 3 aromatic rings. The summed E-state index contributed by atoms with van der Waals surface area (Å²) in [7, 11) is 0. The molecule has 35 heavy (non-hydrogen) atoms. The number of ether oxygens (including phenoxy) is 1. The Morgan fingerprint density at radius 1 is 0.943 bits per heavy atom. The largest absolute Gasteiger partial charge is 0.456 e. The lowest BCUT2D eigenvalue weighted by Gasteiger charge is -2.19. The summed E-state index contributed by atoms with van der Waals surface area (Å²) in [5, 5.41) is 8.10. The summed E-state index contributed by atoms with van der Waals surface area (Å²) < 4.78 is 5.38. The molecule has 3 N–H and O–H groups in total. The zero-order chi connectivity index (χ0) is 25.0. The standard InChI is InChI=1S/C27H26N4O4/c1-27(2,3)35-25(33)18-12-9-13-19(16-18)28-26(34)31-23-24(32)29-21-15-8-7-14-20(21)22(30-23)17-10-5-4-6-11-17/h4-16,23H,1-3H3,(H,29,32)(H2,28,31,34). The molecule has 1 unspecified atom stereocenters. The van der Waals surface area contributed by atoms with Crippen molar-refractivity contribution >= 4 is 35.0 Å². The number of carbonyl (C=O) groups is 3. The van der Waals surface area contributed by atoms with Gasteiger partial charge in [-0.05, 0) is 45.0 Å². The van der Waals surface area contributed by atoms with E-state index in [0.29, 0.717) is 22.6 Å². The highest BCUT2D eigenvalue weighted by Crippen LogP contribution is 2.24. The van der Waals surface area contributed by atoms with Crippen molar-refractivity contribution in [1.29, 1.82) is 0 Å². The van der Waals surface area contributed by atoms with Crippen LogP contribution in [0.1, 0.15) is 42.3 Å². The zero-order valence-corrected chi connectivity index (χ0v) is 19.7. The number of hydrogen-bond donors (Lipinski definition) is 3. The van der Waals surface area contributed by atoms with Crippen LogP contribution in [-0.2, 0) is 9.53 Å². The minimum absolute atomic E-state index is 0.296. The number of esters is 1. The van der Waals surface area contributed by atoms with Crippen molar-refractivity contribution in [3.05, 3.63) is 95.6 Å². The molecule has 1 aliphatic heterocycles. The van der Waals surface area contributed by atoms with Crippen molar-refractivity contribution < 1.29 is 19.1 Å². The summed E-state index contributed by atoms with van der Waals surface area (Å²) in [6, 6.07) is 22.5. The number of anilines is 2. The zero-order valence-electron chi connectivity index (χ0n) is 19.7. The van der Waals surface area contributed by atoms with Crippen molar-refractivity contribution in [2.45, 2.75) is 32.5 Å². The number of urea groups is 1. The molecule has 0 saturated carbocycles. The molecule has 0 fully saturated rings. The topological polar surface area (TPSA) is 109 Å². The highest BCUT2D eigenvalue weighted by atomic mass is 16.6. The SMILES string of the molecule is CC(C)(C)OC(=O)c1cccc(NC(=O)NC2N=C(c3ccccc3)c3ccccc3NC2=O)c1. The Kier molecular flexibility index (Phi) is 6.64. The van der Waals surface area contributed by atoms with E-state index in [0.717, 1.165) is 11.1 Å². The number of benzodiazepines with no additional fused rings is 1. The van der Waals surface area contributed by atoms with Crippen molar-refractivity contribution in [3.8, 4) is 0 Å². The second kappa shape index (κ2) is 9.80. The third kappa shape index (κ3) is 5.92. The molecule has 0 saturated heterocycles. The van der Waals surface area contributed by atoms with Crippen LogP contribution in [0.5, 0.6) is 0 Å². The van der Waals surface area contributed by atoms with E-state index in [2.05, 4.69) is 20.9 Å². The molecule has 8 heteroatoms. The van der Waals surface area contributed by atoms with E-state index in [1.807, 2.05) is 48.5 Å². The molecule has 0 aromatic heterocycles. The molecule has 1 aliphatic rings. The maximum atomic E-state index is 12.9. The number of para-hydroxylation sites is 1. The van der Waals surface area contributed by atoms with Gasteiger partial charge in [0.1, 0.15) is 5.60 Å². The lowest BCUT2D eigenvalue weighted by atomic mass is 10.0. The summed E-state index contributed by atoms with van der Waals surface area (Å²) in [5.74, 6) is -0.972. The molecule has 0 aliphatic carbocycles. The maximum absolute atomic E-state index is 12.9. The van der Waals surface area contributed by atoms with Crippen LogP contribution in [0.4, 0.5) is 16.2 Å². The summed E-state index contributed by atoms with van der Waals surface area (Å²) in [6.07, 6.45) is -1.17. The Morgan fingerprint density at radius 2 is 1.66 bits per heavy atom. The maximum Gasteiger partial charge on any atom is 0.338 e. The van der Waals surface area contributed by atoms with Crippen LogP contribution in [0.15, 0.2) is 83.9 Å². The van der Waals surface area contributed by atoms with Crippen LogP contribution in [0, 0.1) is 0 Å². The first kappa shape index (κ1) is 23.7. The smallest absolute Gasteiger partial charge is 0.338 e. The molecule has 8 nitrogen and oxygen atoms in total. The molecular formula is C27H26N4O4. The predicted octanol–water partition coefficient (Wildman–Crippen LogP) is 4.58. The fraction of sp³-hybridized carbons (Fsp3) is 0.185. The van der Waals surface area contributed by atoms with E-state index >= 15 is 0 Å². The number of nitrogens with one attached hydrogen (secondary N) is 3. The quantitative estimate of drug-likeness (QED) is 0.485. The molecule has 0 spiro atoms. The van der Waals surface area contributed by atoms with E-state index in [4.69, 9.17) is 4.74 Å². The monoisotopic (exact) mass is 470 g/mol. The number of aliphatic imine (C=N–C) groups is 1. The number of rotatable bonds is 4. The van der Waals surface area contributed by atoms with Crippen molar-refractivity contribution in [2.24, 2.45) is 4.99 Å². The Morgan fingerprint density at radius 3 is 2.40 bits per heavy atom. The minimum atomic E-state index is -1.17. The van der Waals surface area contributed by atoms with Gasteiger partial charge in [-0.1, -0.05) is 54.6 Å². The van der Waals surface area contributed by atoms with Gasteiger partial charge in [0.05, 0.1) is 17.0 Å². The van der Waals surface area contributed by atoms with Crippen LogP contribution in [0.3, 0.4) is 0 Å². The molecule has 178 valence electrons. The Bertz CT molecular complexity index is 1300. The molecule has 0 radical (unpaired) electrons. The number of nitrogens with zero attached hydrogens (tertiary/aromatic N) is 1. The fourth-order valence-electron chi connectivity index (χ4n) is 3.53. The Labute approximate surface area is 203 Å². The normalized spacial score (nSPS) is 15.1. The molecule has 3 aromatic carbocycles. The van der Waals surface area contributed by atoms with Crippen LogP contribution < -0.4 is 16.0 Å². The summed E-state index contributed by atoms with van der Waals surface area (Å²) in [4.78, 5) is 42.6. The molecule has 4 rings (SSSR count). The number of benzene rings is 3. The Balaban J connectivity index is 1.55. The first-order valence-corrected chi connectivity index (χ1v) is 11.1. The van der Waals surface area contributed by atoms with Gasteiger partial charge in [-0.2, -0.15) is 0 Å². The third-order valence-electron chi connectivity index (χ3n) is 5.02. The first-order valence-electron chi connectivity index (χ1n) is 11.1. The van der Waals surface area contributed by atoms with Gasteiger partial charge in [0, 0.05) is 16.8 Å². The average Bonchev–Trinajstić information content (AvgIpc) is 2.95. The minimum Gasteiger partial charge on any atom is -0.456 e. The lowest BCUT2D eigenvalue weighted by molar-refractivity contribution is -0.117. The number of hydrogen-bond acceptors (Lipinski definition) is 5. The average molecular weight is 471 g/mol. The molecular weight excluding hydrogens is 444 g/mol. The van der Waals surface area contributed by atoms with E-state index < -0.39 is 29.7 Å². The van der Waals surface area contributed by atoms with Gasteiger partial charge in [-0.3, -0.25) is 4.79 Å². The summed E-state index contributed by atoms with van der Waals surface area (Å²) >= 11 is 0. The Hall–Kier alpha value is -4.46. The predicted molar refractivity (Wildman–Crippen MR) is 135 cm³/mol. The third-order valence-corrected chi connectivity index (χ3v) is 5.02. The fourth-order valence-corrected chi connectivity index (χ4v) is 3.53. The van der Waals surface area contributed by atoms with Crippen LogP contribution in [0.2, 0.25) is 0 Å². The first-order chi connectivity index (χ1) is 16.7. The highest BCUT2D eigenvalue weighted by molar-refractivity contribution is 6.19. The van der Waals surface area contributed by atoms with E-state index in [1.54, 1.807) is 45.0 Å². The van der Waals surface area contributed by atoms with E-state index in [-0.39, 0.29) is 0 Å². The highest BCUT2D eigenvalue weighted by Gasteiger charge is 2.27. The second-order valence-corrected chi connectivity index (χ2v) is 8.96. The van der Waals surface area contributed by atoms with Crippen molar-refractivity contribution in [1.82, 2.24) is 5.32 Å². The van der Waals surface area contributed by atoms with Gasteiger partial charge in [0.15, 0.2) is 0 Å². The van der Waals surface area contributed by atoms with Crippen molar-refractivity contribution in [2.75, 3.05) is 10.6 Å². The number of fused-ring (bicyclic) bond motifs is 1. The second-order valence-electron chi connectivity index (χ2n) is 8.96. The van der Waals surface area contributed by atoms with Gasteiger partial charge in [0.2, 0.25) is 6.17 Å². The van der Waals surface area contributed by atoms with Crippen LogP contribution >= 0.6 is 0 Å². The van der Waals surface area contributed by atoms with E-state index in [1.165, 1.54) is 6.07 Å². The van der Waals surface area contributed by atoms with Gasteiger partial charge in [-0.25, -0.2) is 14.6 Å². The summed E-state index contributed by atoms with van der Waals surface area (Å²) in [6.45, 7) is 5.34. The number of amides is 3. The van der Waals surface area contributed by atoms with Gasteiger partial charge in [-0.15, -0.1) is 0 Å². The molecule has 1 heterocycles. The lowest BCUT2D eigenvalue weighted by Crippen LogP contribution is -2.44. The summed E-state index contributed by atoms with van der Waals surface area (Å²) in [5.41, 5.74) is 2.78. The molecule has 3 amide bonds. The van der Waals surface area contributed by atoms with Crippen molar-refractivity contribution in [3.63, 3.8) is 0 Å².